The first kappa shape index (κ1) is 21.6. The van der Waals surface area contributed by atoms with E-state index in [9.17, 15) is 9.90 Å². The quantitative estimate of drug-likeness (QED) is 0.760. The topological polar surface area (TPSA) is 100.0 Å². The molecule has 8 nitrogen and oxygen atoms in total. The van der Waals surface area contributed by atoms with E-state index in [1.165, 1.54) is 0 Å². The van der Waals surface area contributed by atoms with Gasteiger partial charge in [-0.3, -0.25) is 4.79 Å². The molecule has 2 aromatic rings. The van der Waals surface area contributed by atoms with E-state index in [1.54, 1.807) is 0 Å². The molecule has 0 spiro atoms. The number of aliphatic hydroxyl groups excluding tert-OH is 1. The first-order valence-electron chi connectivity index (χ1n) is 12.3. The zero-order chi connectivity index (χ0) is 22.4. The van der Waals surface area contributed by atoms with Crippen LogP contribution >= 0.6 is 0 Å². The maximum atomic E-state index is 13.5. The molecule has 2 aromatic heterocycles. The van der Waals surface area contributed by atoms with Crippen molar-refractivity contribution in [1.29, 1.82) is 0 Å². The van der Waals surface area contributed by atoms with Crippen molar-refractivity contribution in [3.8, 4) is 0 Å². The Hall–Kier alpha value is -2.19. The molecule has 3 unspecified atom stereocenters. The number of likely N-dealkylation sites (tertiary alicyclic amines) is 1. The van der Waals surface area contributed by atoms with Crippen LogP contribution in [0.15, 0.2) is 12.3 Å². The molecule has 5 rings (SSSR count). The summed E-state index contributed by atoms with van der Waals surface area (Å²) in [5.74, 6) is 1.28. The van der Waals surface area contributed by atoms with Crippen molar-refractivity contribution in [3.63, 3.8) is 0 Å². The molecule has 3 N–H and O–H groups in total. The molecule has 1 saturated carbocycles. The molecule has 3 aliphatic rings. The number of aromatic nitrogens is 3. The summed E-state index contributed by atoms with van der Waals surface area (Å²) >= 11 is 0. The molecule has 0 radical (unpaired) electrons. The summed E-state index contributed by atoms with van der Waals surface area (Å²) in [5, 5.41) is 15.4. The fourth-order valence-electron chi connectivity index (χ4n) is 5.84. The maximum absolute atomic E-state index is 13.5. The summed E-state index contributed by atoms with van der Waals surface area (Å²) in [6.45, 7) is 6.72. The predicted molar refractivity (Wildman–Crippen MR) is 123 cm³/mol. The van der Waals surface area contributed by atoms with E-state index in [2.05, 4.69) is 18.7 Å². The largest absolute Gasteiger partial charge is 0.392 e. The number of nitrogens with zero attached hydrogens (tertiary/aromatic N) is 5. The molecule has 2 saturated heterocycles. The third kappa shape index (κ3) is 3.99. The van der Waals surface area contributed by atoms with Crippen LogP contribution in [0.2, 0.25) is 0 Å². The van der Waals surface area contributed by atoms with Gasteiger partial charge in [-0.15, -0.1) is 0 Å². The second-order valence-electron chi connectivity index (χ2n) is 10.2. The van der Waals surface area contributed by atoms with Gasteiger partial charge in [0, 0.05) is 43.5 Å². The first-order valence-corrected chi connectivity index (χ1v) is 12.3. The minimum atomic E-state index is -0.534. The second-order valence-corrected chi connectivity index (χ2v) is 10.2. The van der Waals surface area contributed by atoms with Crippen LogP contribution in [0.3, 0.4) is 0 Å². The molecule has 1 aliphatic carbocycles. The smallest absolute Gasteiger partial charge is 0.228 e. The number of nitrogens with two attached hydrogens (primary N) is 1. The third-order valence-electron chi connectivity index (χ3n) is 7.67. The zero-order valence-corrected chi connectivity index (χ0v) is 19.3. The number of aliphatic hydroxyl groups is 1. The monoisotopic (exact) mass is 440 g/mol. The molecule has 3 fully saturated rings. The Morgan fingerprint density at radius 3 is 2.78 bits per heavy atom. The highest BCUT2D eigenvalue weighted by atomic mass is 16.3. The first-order chi connectivity index (χ1) is 15.4. The highest BCUT2D eigenvalue weighted by Crippen LogP contribution is 2.36. The Morgan fingerprint density at radius 2 is 2.03 bits per heavy atom. The van der Waals surface area contributed by atoms with Gasteiger partial charge in [0.2, 0.25) is 5.91 Å². The van der Waals surface area contributed by atoms with Gasteiger partial charge in [0.05, 0.1) is 23.8 Å². The number of anilines is 1. The molecule has 5 atom stereocenters. The van der Waals surface area contributed by atoms with Crippen molar-refractivity contribution in [2.24, 2.45) is 17.6 Å². The number of rotatable bonds is 3. The van der Waals surface area contributed by atoms with Crippen molar-refractivity contribution in [3.05, 3.63) is 23.5 Å². The Bertz CT molecular complexity index is 990. The number of carbonyl (C=O) groups is 1. The zero-order valence-electron chi connectivity index (χ0n) is 19.3. The average molecular weight is 441 g/mol. The van der Waals surface area contributed by atoms with Crippen LogP contribution in [-0.4, -0.2) is 62.3 Å². The summed E-state index contributed by atoms with van der Waals surface area (Å²) in [5.41, 5.74) is 8.90. The van der Waals surface area contributed by atoms with Crippen LogP contribution in [0, 0.1) is 18.8 Å². The van der Waals surface area contributed by atoms with Gasteiger partial charge in [-0.1, -0.05) is 6.92 Å². The standard InChI is InChI=1S/C24H36N6O2/c1-15-6-7-18(21(31)11-15)24(32)29-9-4-3-5-20(29)19-12-22-26-23(16(2)13-30(22)27-19)28-10-8-17(25)14-28/h12-13,15,17-18,20-21,31H,3-11,14,25H2,1-2H3/t15?,17-,18?,20-,21?/m0/s1. The second kappa shape index (κ2) is 8.63. The summed E-state index contributed by atoms with van der Waals surface area (Å²) in [7, 11) is 0. The van der Waals surface area contributed by atoms with E-state index in [4.69, 9.17) is 15.8 Å². The van der Waals surface area contributed by atoms with Crippen LogP contribution in [-0.2, 0) is 4.79 Å². The number of piperidine rings is 1. The molecule has 0 bridgehead atoms. The molecule has 4 heterocycles. The van der Waals surface area contributed by atoms with E-state index < -0.39 is 6.10 Å². The van der Waals surface area contributed by atoms with Crippen molar-refractivity contribution in [2.45, 2.75) is 77.0 Å². The molecular weight excluding hydrogens is 404 g/mol. The molecule has 174 valence electrons. The molecule has 0 aromatic carbocycles. The number of aryl methyl sites for hydroxylation is 1. The van der Waals surface area contributed by atoms with Crippen LogP contribution in [0.1, 0.15) is 69.2 Å². The van der Waals surface area contributed by atoms with Crippen LogP contribution in [0.4, 0.5) is 5.82 Å². The van der Waals surface area contributed by atoms with E-state index in [0.717, 1.165) is 87.3 Å². The Morgan fingerprint density at radius 1 is 1.19 bits per heavy atom. The van der Waals surface area contributed by atoms with Gasteiger partial charge in [0.25, 0.3) is 0 Å². The van der Waals surface area contributed by atoms with E-state index in [-0.39, 0.29) is 23.9 Å². The predicted octanol–water partition coefficient (Wildman–Crippen LogP) is 2.43. The summed E-state index contributed by atoms with van der Waals surface area (Å²) in [6, 6.07) is 2.19. The number of amides is 1. The van der Waals surface area contributed by atoms with E-state index in [1.807, 2.05) is 21.7 Å². The molecular formula is C24H36N6O2. The van der Waals surface area contributed by atoms with Gasteiger partial charge in [0.1, 0.15) is 5.82 Å². The van der Waals surface area contributed by atoms with Crippen LogP contribution in [0.5, 0.6) is 0 Å². The van der Waals surface area contributed by atoms with Crippen molar-refractivity contribution >= 4 is 17.4 Å². The molecule has 1 amide bonds. The normalized spacial score (nSPS) is 31.4. The van der Waals surface area contributed by atoms with Gasteiger partial charge in [-0.05, 0) is 57.8 Å². The fraction of sp³-hybridized carbons (Fsp3) is 0.708. The van der Waals surface area contributed by atoms with Crippen molar-refractivity contribution in [1.82, 2.24) is 19.5 Å². The Kier molecular flexibility index (Phi) is 5.84. The molecule has 32 heavy (non-hydrogen) atoms. The highest BCUT2D eigenvalue weighted by Gasteiger charge is 2.39. The molecule has 8 heteroatoms. The van der Waals surface area contributed by atoms with Gasteiger partial charge in [0.15, 0.2) is 5.65 Å². The number of fused-ring (bicyclic) bond motifs is 1. The van der Waals surface area contributed by atoms with Crippen LogP contribution in [0.25, 0.3) is 5.65 Å². The van der Waals surface area contributed by atoms with Crippen molar-refractivity contribution in [2.75, 3.05) is 24.5 Å². The summed E-state index contributed by atoms with van der Waals surface area (Å²) in [4.78, 5) is 22.6. The lowest BCUT2D eigenvalue weighted by Gasteiger charge is -2.40. The maximum Gasteiger partial charge on any atom is 0.228 e. The SMILES string of the molecule is Cc1cn2nc([C@@H]3CCCCN3C(=O)C3CCC(C)CC3O)cc2nc1N1CC[C@H](N)C1. The summed E-state index contributed by atoms with van der Waals surface area (Å²) < 4.78 is 1.85. The highest BCUT2D eigenvalue weighted by molar-refractivity contribution is 5.80. The number of hydrogen-bond acceptors (Lipinski definition) is 6. The lowest BCUT2D eigenvalue weighted by atomic mass is 9.79. The van der Waals surface area contributed by atoms with Gasteiger partial charge < -0.3 is 20.6 Å². The Balaban J connectivity index is 1.41. The lowest BCUT2D eigenvalue weighted by molar-refractivity contribution is -0.145. The average Bonchev–Trinajstić information content (AvgIpc) is 3.38. The van der Waals surface area contributed by atoms with E-state index in [0.29, 0.717) is 5.92 Å². The molecule has 2 aliphatic heterocycles. The van der Waals surface area contributed by atoms with E-state index >= 15 is 0 Å². The Labute approximate surface area is 189 Å². The number of hydrogen-bond donors (Lipinski definition) is 2. The van der Waals surface area contributed by atoms with Gasteiger partial charge >= 0.3 is 0 Å². The lowest BCUT2D eigenvalue weighted by Crippen LogP contribution is -2.46. The minimum Gasteiger partial charge on any atom is -0.392 e. The fourth-order valence-corrected chi connectivity index (χ4v) is 5.84. The minimum absolute atomic E-state index is 0.0477. The third-order valence-corrected chi connectivity index (χ3v) is 7.67. The summed E-state index contributed by atoms with van der Waals surface area (Å²) in [6.07, 6.45) is 7.98. The van der Waals surface area contributed by atoms with Gasteiger partial charge in [-0.2, -0.15) is 5.10 Å². The van der Waals surface area contributed by atoms with Crippen LogP contribution < -0.4 is 10.6 Å². The van der Waals surface area contributed by atoms with Crippen molar-refractivity contribution < 1.29 is 9.90 Å². The van der Waals surface area contributed by atoms with Gasteiger partial charge in [-0.25, -0.2) is 9.50 Å². The number of carbonyl (C=O) groups excluding carboxylic acids is 1.